The number of methoxy groups -OCH3 is 1. The molecule has 0 aromatic heterocycles. The highest BCUT2D eigenvalue weighted by molar-refractivity contribution is 9.10. The van der Waals surface area contributed by atoms with Crippen LogP contribution in [0.3, 0.4) is 0 Å². The highest BCUT2D eigenvalue weighted by Gasteiger charge is 2.31. The predicted octanol–water partition coefficient (Wildman–Crippen LogP) is 7.96. The number of halogens is 5. The van der Waals surface area contributed by atoms with Crippen LogP contribution in [-0.2, 0) is 40.1 Å². The van der Waals surface area contributed by atoms with Gasteiger partial charge in [-0.05, 0) is 70.3 Å². The molecule has 212 valence electrons. The summed E-state index contributed by atoms with van der Waals surface area (Å²) in [5, 5.41) is 2.35. The van der Waals surface area contributed by atoms with Gasteiger partial charge in [0.25, 0.3) is 5.91 Å². The van der Waals surface area contributed by atoms with Gasteiger partial charge in [-0.1, -0.05) is 58.4 Å². The number of esters is 1. The number of hydrogen-bond donors (Lipinski definition) is 1. The van der Waals surface area contributed by atoms with Gasteiger partial charge in [0.15, 0.2) is 0 Å². The van der Waals surface area contributed by atoms with Crippen LogP contribution in [-0.4, -0.2) is 19.0 Å². The number of amides is 1. The first-order chi connectivity index (χ1) is 19.5. The van der Waals surface area contributed by atoms with E-state index in [1.807, 2.05) is 18.2 Å². The SMILES string of the molecule is COCc1cc(C(=O)Nc2ccc(C(F)(F)F)cc2F)c(CC(=O)OCc2ccccc2)c(-c2ccc(Br)cc2)c1. The fourth-order valence-corrected chi connectivity index (χ4v) is 4.44. The van der Waals surface area contributed by atoms with Crippen molar-refractivity contribution in [2.24, 2.45) is 0 Å². The van der Waals surface area contributed by atoms with Gasteiger partial charge in [0, 0.05) is 17.1 Å². The Morgan fingerprint density at radius 2 is 1.59 bits per heavy atom. The van der Waals surface area contributed by atoms with E-state index >= 15 is 0 Å². The number of carbonyl (C=O) groups excluding carboxylic acids is 2. The van der Waals surface area contributed by atoms with Gasteiger partial charge in [0.1, 0.15) is 12.4 Å². The van der Waals surface area contributed by atoms with Gasteiger partial charge in [-0.3, -0.25) is 9.59 Å². The molecule has 0 aliphatic rings. The zero-order valence-electron chi connectivity index (χ0n) is 21.7. The van der Waals surface area contributed by atoms with Crippen molar-refractivity contribution in [3.05, 3.63) is 123 Å². The number of nitrogens with one attached hydrogen (secondary N) is 1. The highest BCUT2D eigenvalue weighted by Crippen LogP contribution is 2.33. The molecule has 10 heteroatoms. The molecule has 0 spiro atoms. The van der Waals surface area contributed by atoms with Gasteiger partial charge in [0.2, 0.25) is 0 Å². The van der Waals surface area contributed by atoms with E-state index in [1.54, 1.807) is 42.5 Å². The Labute approximate surface area is 242 Å². The molecule has 0 fully saturated rings. The van der Waals surface area contributed by atoms with Crippen LogP contribution in [0.25, 0.3) is 11.1 Å². The summed E-state index contributed by atoms with van der Waals surface area (Å²) in [6.45, 7) is 0.143. The normalized spacial score (nSPS) is 11.3. The van der Waals surface area contributed by atoms with Crippen LogP contribution in [0.2, 0.25) is 0 Å². The highest BCUT2D eigenvalue weighted by atomic mass is 79.9. The molecule has 4 aromatic carbocycles. The van der Waals surface area contributed by atoms with E-state index in [2.05, 4.69) is 21.2 Å². The van der Waals surface area contributed by atoms with Crippen molar-refractivity contribution in [3.63, 3.8) is 0 Å². The molecule has 1 N–H and O–H groups in total. The van der Waals surface area contributed by atoms with E-state index in [-0.39, 0.29) is 25.2 Å². The van der Waals surface area contributed by atoms with E-state index in [4.69, 9.17) is 9.47 Å². The first-order valence-corrected chi connectivity index (χ1v) is 13.1. The average Bonchev–Trinajstić information content (AvgIpc) is 2.94. The molecule has 0 bridgehead atoms. The molecule has 4 rings (SSSR count). The molecule has 0 heterocycles. The quantitative estimate of drug-likeness (QED) is 0.151. The van der Waals surface area contributed by atoms with Gasteiger partial charge in [-0.15, -0.1) is 0 Å². The van der Waals surface area contributed by atoms with Crippen LogP contribution >= 0.6 is 15.9 Å². The largest absolute Gasteiger partial charge is 0.461 e. The number of alkyl halides is 3. The molecule has 0 unspecified atom stereocenters. The molecule has 0 atom stereocenters. The molecule has 1 amide bonds. The number of anilines is 1. The second kappa shape index (κ2) is 13.1. The summed E-state index contributed by atoms with van der Waals surface area (Å²) in [4.78, 5) is 26.5. The lowest BCUT2D eigenvalue weighted by Gasteiger charge is -2.18. The van der Waals surface area contributed by atoms with Gasteiger partial charge in [-0.25, -0.2) is 4.39 Å². The Bertz CT molecular complexity index is 1540. The Morgan fingerprint density at radius 1 is 0.878 bits per heavy atom. The summed E-state index contributed by atoms with van der Waals surface area (Å²) in [6.07, 6.45) is -5.05. The third kappa shape index (κ3) is 7.80. The van der Waals surface area contributed by atoms with E-state index in [9.17, 15) is 27.2 Å². The van der Waals surface area contributed by atoms with Crippen molar-refractivity contribution in [1.29, 1.82) is 0 Å². The summed E-state index contributed by atoms with van der Waals surface area (Å²) >= 11 is 3.39. The molecule has 0 saturated heterocycles. The Kier molecular flexibility index (Phi) is 9.57. The van der Waals surface area contributed by atoms with Crippen LogP contribution in [0.1, 0.15) is 32.6 Å². The van der Waals surface area contributed by atoms with Gasteiger partial charge >= 0.3 is 12.1 Å². The maximum absolute atomic E-state index is 14.6. The maximum Gasteiger partial charge on any atom is 0.416 e. The summed E-state index contributed by atoms with van der Waals surface area (Å²) in [7, 11) is 1.48. The number of rotatable bonds is 9. The summed E-state index contributed by atoms with van der Waals surface area (Å²) < 4.78 is 65.2. The standard InChI is InChI=1S/C31H24BrF4NO4/c1-40-17-20-13-24(21-7-10-23(32)11-8-21)25(16-29(38)41-18-19-5-3-2-4-6-19)26(14-20)30(39)37-28-12-9-22(15-27(28)33)31(34,35)36/h2-15H,16-18H2,1H3,(H,37,39). The molecular formula is C31H24BrF4NO4. The second-order valence-corrected chi connectivity index (χ2v) is 9.99. The number of carbonyl (C=O) groups is 2. The molecule has 0 aliphatic carbocycles. The van der Waals surface area contributed by atoms with Crippen LogP contribution < -0.4 is 5.32 Å². The maximum atomic E-state index is 14.6. The Hall–Kier alpha value is -4.02. The van der Waals surface area contributed by atoms with E-state index in [0.717, 1.165) is 16.1 Å². The van der Waals surface area contributed by atoms with Gasteiger partial charge in [-0.2, -0.15) is 13.2 Å². The summed E-state index contributed by atoms with van der Waals surface area (Å²) in [5.41, 5.74) is 1.29. The molecule has 0 radical (unpaired) electrons. The number of benzene rings is 4. The summed E-state index contributed by atoms with van der Waals surface area (Å²) in [6, 6.07) is 21.4. The first kappa shape index (κ1) is 30.0. The minimum atomic E-state index is -4.75. The fraction of sp³-hybridized carbons (Fsp3) is 0.161. The van der Waals surface area contributed by atoms with Crippen molar-refractivity contribution in [2.75, 3.05) is 12.4 Å². The second-order valence-electron chi connectivity index (χ2n) is 9.08. The first-order valence-electron chi connectivity index (χ1n) is 12.3. The van der Waals surface area contributed by atoms with Gasteiger partial charge < -0.3 is 14.8 Å². The predicted molar refractivity (Wildman–Crippen MR) is 150 cm³/mol. The molecule has 5 nitrogen and oxygen atoms in total. The lowest BCUT2D eigenvalue weighted by atomic mass is 9.90. The van der Waals surface area contributed by atoms with E-state index in [0.29, 0.717) is 34.4 Å². The van der Waals surface area contributed by atoms with E-state index in [1.165, 1.54) is 13.2 Å². The van der Waals surface area contributed by atoms with Crippen LogP contribution in [0.15, 0.2) is 89.4 Å². The third-order valence-corrected chi connectivity index (χ3v) is 6.66. The van der Waals surface area contributed by atoms with Crippen LogP contribution in [0, 0.1) is 5.82 Å². The molecule has 0 aliphatic heterocycles. The van der Waals surface area contributed by atoms with Crippen molar-refractivity contribution in [1.82, 2.24) is 0 Å². The summed E-state index contributed by atoms with van der Waals surface area (Å²) in [5.74, 6) is -2.68. The fourth-order valence-electron chi connectivity index (χ4n) is 4.18. The minimum absolute atomic E-state index is 0.0212. The Balaban J connectivity index is 1.74. The third-order valence-electron chi connectivity index (χ3n) is 6.13. The molecule has 41 heavy (non-hydrogen) atoms. The monoisotopic (exact) mass is 629 g/mol. The topological polar surface area (TPSA) is 64.6 Å². The van der Waals surface area contributed by atoms with Crippen molar-refractivity contribution >= 4 is 33.5 Å². The van der Waals surface area contributed by atoms with Crippen LogP contribution in [0.4, 0.5) is 23.2 Å². The van der Waals surface area contributed by atoms with Crippen molar-refractivity contribution in [2.45, 2.75) is 25.8 Å². The lowest BCUT2D eigenvalue weighted by Crippen LogP contribution is -2.19. The zero-order chi connectivity index (χ0) is 29.6. The Morgan fingerprint density at radius 3 is 2.22 bits per heavy atom. The molecule has 4 aromatic rings. The van der Waals surface area contributed by atoms with Crippen LogP contribution in [0.5, 0.6) is 0 Å². The van der Waals surface area contributed by atoms with Crippen molar-refractivity contribution < 1.29 is 36.6 Å². The molecular weight excluding hydrogens is 606 g/mol. The van der Waals surface area contributed by atoms with Crippen molar-refractivity contribution in [3.8, 4) is 11.1 Å². The smallest absolute Gasteiger partial charge is 0.416 e. The number of ether oxygens (including phenoxy) is 2. The minimum Gasteiger partial charge on any atom is -0.461 e. The number of hydrogen-bond acceptors (Lipinski definition) is 4. The lowest BCUT2D eigenvalue weighted by molar-refractivity contribution is -0.144. The zero-order valence-corrected chi connectivity index (χ0v) is 23.3. The molecule has 0 saturated carbocycles. The van der Waals surface area contributed by atoms with E-state index < -0.39 is 35.1 Å². The average molecular weight is 630 g/mol. The van der Waals surface area contributed by atoms with Gasteiger partial charge in [0.05, 0.1) is 24.3 Å².